The minimum Gasteiger partial charge on any atom is -0.277 e. The largest absolute Gasteiger partial charge is 0.277 e. The Balaban J connectivity index is 2.47. The first-order chi connectivity index (χ1) is 5.64. The number of hydrogen-bond donors (Lipinski definition) is 0. The number of unbranched alkanes of at least 4 members (excludes halogenated alkanes) is 1. The van der Waals surface area contributed by atoms with Crippen LogP contribution in [0.3, 0.4) is 0 Å². The molecule has 0 aliphatic carbocycles. The summed E-state index contributed by atoms with van der Waals surface area (Å²) in [6, 6.07) is 0. The van der Waals surface area contributed by atoms with Crippen LogP contribution in [0.25, 0.3) is 0 Å². The maximum absolute atomic E-state index is 4.73. The molecule has 12 heavy (non-hydrogen) atoms. The van der Waals surface area contributed by atoms with E-state index in [1.165, 1.54) is 36.5 Å². The van der Waals surface area contributed by atoms with E-state index >= 15 is 0 Å². The molecule has 0 amide bonds. The van der Waals surface area contributed by atoms with Gasteiger partial charge in [-0.3, -0.25) is 4.99 Å². The van der Waals surface area contributed by atoms with Gasteiger partial charge in [0.2, 0.25) is 0 Å². The number of aliphatic imine (C=N–C) groups is 1. The van der Waals surface area contributed by atoms with E-state index in [1.807, 2.05) is 11.8 Å². The zero-order valence-electron chi connectivity index (χ0n) is 8.39. The van der Waals surface area contributed by atoms with E-state index < -0.39 is 0 Å². The summed E-state index contributed by atoms with van der Waals surface area (Å²) < 4.78 is 0. The van der Waals surface area contributed by atoms with Gasteiger partial charge in [-0.05, 0) is 33.1 Å². The zero-order valence-corrected chi connectivity index (χ0v) is 9.21. The smallest absolute Gasteiger partial charge is 0.0682 e. The van der Waals surface area contributed by atoms with Crippen molar-refractivity contribution in [3.63, 3.8) is 0 Å². The first-order valence-electron chi connectivity index (χ1n) is 4.85. The minimum absolute atomic E-state index is 0.217. The van der Waals surface area contributed by atoms with Gasteiger partial charge in [-0.25, -0.2) is 0 Å². The molecule has 0 spiro atoms. The van der Waals surface area contributed by atoms with Crippen molar-refractivity contribution >= 4 is 16.8 Å². The maximum atomic E-state index is 4.73. The molecular weight excluding hydrogens is 166 g/mol. The van der Waals surface area contributed by atoms with Crippen LogP contribution in [0.1, 0.15) is 46.5 Å². The Labute approximate surface area is 80.0 Å². The molecule has 0 fully saturated rings. The van der Waals surface area contributed by atoms with Crippen LogP contribution in [0, 0.1) is 0 Å². The van der Waals surface area contributed by atoms with Gasteiger partial charge in [0, 0.05) is 5.75 Å². The molecule has 1 nitrogen and oxygen atoms in total. The fourth-order valence-electron chi connectivity index (χ4n) is 1.30. The summed E-state index contributed by atoms with van der Waals surface area (Å²) in [5.41, 5.74) is 0.217. The van der Waals surface area contributed by atoms with Gasteiger partial charge in [-0.1, -0.05) is 13.3 Å². The third-order valence-corrected chi connectivity index (χ3v) is 3.19. The molecule has 0 saturated carbocycles. The average Bonchev–Trinajstić information content (AvgIpc) is 1.99. The Hall–Kier alpha value is 0.0200. The lowest BCUT2D eigenvalue weighted by atomic mass is 10.0. The second-order valence-electron chi connectivity index (χ2n) is 4.02. The van der Waals surface area contributed by atoms with Gasteiger partial charge in [0.05, 0.1) is 10.6 Å². The average molecular weight is 185 g/mol. The molecule has 70 valence electrons. The Morgan fingerprint density at radius 2 is 2.25 bits per heavy atom. The van der Waals surface area contributed by atoms with Gasteiger partial charge in [0.1, 0.15) is 0 Å². The normalized spacial score (nSPS) is 22.1. The van der Waals surface area contributed by atoms with Crippen molar-refractivity contribution in [3.05, 3.63) is 0 Å². The molecule has 0 aromatic heterocycles. The second kappa shape index (κ2) is 4.31. The third-order valence-electron chi connectivity index (χ3n) is 2.15. The zero-order chi connectivity index (χ0) is 9.03. The lowest BCUT2D eigenvalue weighted by Gasteiger charge is -2.26. The summed E-state index contributed by atoms with van der Waals surface area (Å²) in [5.74, 6) is 1.26. The molecule has 0 radical (unpaired) electrons. The van der Waals surface area contributed by atoms with Crippen molar-refractivity contribution < 1.29 is 0 Å². The van der Waals surface area contributed by atoms with E-state index in [9.17, 15) is 0 Å². The monoisotopic (exact) mass is 185 g/mol. The van der Waals surface area contributed by atoms with Crippen LogP contribution in [0.5, 0.6) is 0 Å². The number of nitrogens with zero attached hydrogens (tertiary/aromatic N) is 1. The molecule has 1 heterocycles. The van der Waals surface area contributed by atoms with Crippen molar-refractivity contribution in [1.82, 2.24) is 0 Å². The van der Waals surface area contributed by atoms with E-state index in [4.69, 9.17) is 4.99 Å². The van der Waals surface area contributed by atoms with Crippen LogP contribution in [-0.4, -0.2) is 16.3 Å². The van der Waals surface area contributed by atoms with Gasteiger partial charge in [-0.15, -0.1) is 11.8 Å². The summed E-state index contributed by atoms with van der Waals surface area (Å²) in [7, 11) is 0. The Morgan fingerprint density at radius 1 is 1.50 bits per heavy atom. The first-order valence-corrected chi connectivity index (χ1v) is 5.84. The van der Waals surface area contributed by atoms with E-state index in [-0.39, 0.29) is 5.54 Å². The van der Waals surface area contributed by atoms with Gasteiger partial charge in [-0.2, -0.15) is 0 Å². The van der Waals surface area contributed by atoms with Gasteiger partial charge >= 0.3 is 0 Å². The summed E-state index contributed by atoms with van der Waals surface area (Å²) in [6.45, 7) is 6.70. The molecule has 0 saturated heterocycles. The van der Waals surface area contributed by atoms with Crippen molar-refractivity contribution in [1.29, 1.82) is 0 Å². The van der Waals surface area contributed by atoms with Crippen molar-refractivity contribution in [3.8, 4) is 0 Å². The predicted molar refractivity (Wildman–Crippen MR) is 58.1 cm³/mol. The highest BCUT2D eigenvalue weighted by Crippen LogP contribution is 2.27. The maximum Gasteiger partial charge on any atom is 0.0682 e. The highest BCUT2D eigenvalue weighted by atomic mass is 32.2. The van der Waals surface area contributed by atoms with E-state index in [0.717, 1.165) is 0 Å². The van der Waals surface area contributed by atoms with Crippen LogP contribution >= 0.6 is 11.8 Å². The first kappa shape index (κ1) is 10.1. The lowest BCUT2D eigenvalue weighted by Crippen LogP contribution is -2.23. The molecule has 0 unspecified atom stereocenters. The van der Waals surface area contributed by atoms with Crippen LogP contribution in [0.4, 0.5) is 0 Å². The van der Waals surface area contributed by atoms with Gasteiger partial charge in [0.25, 0.3) is 0 Å². The summed E-state index contributed by atoms with van der Waals surface area (Å²) in [4.78, 5) is 4.73. The van der Waals surface area contributed by atoms with Crippen LogP contribution in [-0.2, 0) is 0 Å². The molecule has 0 atom stereocenters. The molecule has 1 rings (SSSR count). The fraction of sp³-hybridized carbons (Fsp3) is 0.900. The molecule has 0 aromatic rings. The van der Waals surface area contributed by atoms with Crippen molar-refractivity contribution in [2.45, 2.75) is 52.0 Å². The number of hydrogen-bond acceptors (Lipinski definition) is 2. The van der Waals surface area contributed by atoms with E-state index in [0.29, 0.717) is 0 Å². The molecule has 0 aromatic carbocycles. The lowest BCUT2D eigenvalue weighted by molar-refractivity contribution is 0.505. The van der Waals surface area contributed by atoms with E-state index in [1.54, 1.807) is 0 Å². The standard InChI is InChI=1S/C10H19NS/c1-4-5-6-9-11-10(2,3)7-8-12-9/h4-8H2,1-3H3. The van der Waals surface area contributed by atoms with Crippen LogP contribution in [0.15, 0.2) is 4.99 Å². The highest BCUT2D eigenvalue weighted by molar-refractivity contribution is 8.14. The van der Waals surface area contributed by atoms with E-state index in [2.05, 4.69) is 20.8 Å². The summed E-state index contributed by atoms with van der Waals surface area (Å²) in [6.07, 6.45) is 5.00. The summed E-state index contributed by atoms with van der Waals surface area (Å²) >= 11 is 1.96. The third kappa shape index (κ3) is 3.18. The minimum atomic E-state index is 0.217. The number of thioether (sulfide) groups is 1. The molecule has 2 heteroatoms. The number of rotatable bonds is 3. The second-order valence-corrected chi connectivity index (χ2v) is 5.19. The molecule has 0 N–H and O–H groups in total. The highest BCUT2D eigenvalue weighted by Gasteiger charge is 2.21. The predicted octanol–water partition coefficient (Wildman–Crippen LogP) is 3.49. The van der Waals surface area contributed by atoms with Crippen molar-refractivity contribution in [2.24, 2.45) is 4.99 Å². The van der Waals surface area contributed by atoms with Crippen LogP contribution < -0.4 is 0 Å². The Kier molecular flexibility index (Phi) is 3.63. The molecule has 0 bridgehead atoms. The van der Waals surface area contributed by atoms with Gasteiger partial charge < -0.3 is 0 Å². The molecule has 1 aliphatic rings. The Morgan fingerprint density at radius 3 is 2.83 bits per heavy atom. The molecule has 1 aliphatic heterocycles. The van der Waals surface area contributed by atoms with Crippen LogP contribution in [0.2, 0.25) is 0 Å². The summed E-state index contributed by atoms with van der Waals surface area (Å²) in [5, 5.41) is 1.38. The fourth-order valence-corrected chi connectivity index (χ4v) is 2.74. The molecular formula is C10H19NS. The van der Waals surface area contributed by atoms with Gasteiger partial charge in [0.15, 0.2) is 0 Å². The Bertz CT molecular complexity index is 173. The van der Waals surface area contributed by atoms with Crippen molar-refractivity contribution in [2.75, 3.05) is 5.75 Å². The quantitative estimate of drug-likeness (QED) is 0.655. The topological polar surface area (TPSA) is 12.4 Å². The SMILES string of the molecule is CCCCC1=NC(C)(C)CCS1.